The van der Waals surface area contributed by atoms with Crippen molar-refractivity contribution < 1.29 is 0 Å². The highest BCUT2D eigenvalue weighted by atomic mass is 32.2. The summed E-state index contributed by atoms with van der Waals surface area (Å²) in [7, 11) is 1.98. The zero-order valence-corrected chi connectivity index (χ0v) is 8.73. The summed E-state index contributed by atoms with van der Waals surface area (Å²) >= 11 is 2.02. The number of thioether (sulfide) groups is 1. The molecule has 1 aromatic carbocycles. The van der Waals surface area contributed by atoms with Crippen LogP contribution in [-0.2, 0) is 6.54 Å². The predicted octanol–water partition coefficient (Wildman–Crippen LogP) is 2.66. The van der Waals surface area contributed by atoms with E-state index in [1.807, 2.05) is 18.8 Å². The molecular formula is C11H15NS. The van der Waals surface area contributed by atoms with Crippen LogP contribution in [0.4, 0.5) is 0 Å². The fourth-order valence-electron chi connectivity index (χ4n) is 1.27. The van der Waals surface area contributed by atoms with Crippen molar-refractivity contribution in [3.63, 3.8) is 0 Å². The Morgan fingerprint density at radius 3 is 2.54 bits per heavy atom. The van der Waals surface area contributed by atoms with Crippen molar-refractivity contribution in [2.45, 2.75) is 29.5 Å². The molecule has 1 aliphatic carbocycles. The van der Waals surface area contributed by atoms with Gasteiger partial charge in [-0.15, -0.1) is 11.8 Å². The number of hydrogen-bond acceptors (Lipinski definition) is 2. The zero-order chi connectivity index (χ0) is 9.10. The van der Waals surface area contributed by atoms with Crippen LogP contribution in [0.25, 0.3) is 0 Å². The van der Waals surface area contributed by atoms with Crippen LogP contribution in [0.2, 0.25) is 0 Å². The Morgan fingerprint density at radius 1 is 1.31 bits per heavy atom. The van der Waals surface area contributed by atoms with Crippen LogP contribution >= 0.6 is 11.8 Å². The van der Waals surface area contributed by atoms with E-state index in [-0.39, 0.29) is 0 Å². The number of rotatable bonds is 4. The minimum absolute atomic E-state index is 0.912. The third kappa shape index (κ3) is 2.75. The molecule has 0 atom stereocenters. The van der Waals surface area contributed by atoms with Crippen LogP contribution in [0.5, 0.6) is 0 Å². The van der Waals surface area contributed by atoms with Crippen LogP contribution in [0.15, 0.2) is 29.2 Å². The summed E-state index contributed by atoms with van der Waals surface area (Å²) < 4.78 is 0. The van der Waals surface area contributed by atoms with Gasteiger partial charge in [0.25, 0.3) is 0 Å². The molecule has 0 spiro atoms. The quantitative estimate of drug-likeness (QED) is 0.789. The average Bonchev–Trinajstić information content (AvgIpc) is 2.93. The Labute approximate surface area is 83.9 Å². The summed E-state index contributed by atoms with van der Waals surface area (Å²) in [5.74, 6) is 0. The van der Waals surface area contributed by atoms with Crippen LogP contribution in [0.3, 0.4) is 0 Å². The van der Waals surface area contributed by atoms with Crippen molar-refractivity contribution in [1.82, 2.24) is 5.32 Å². The van der Waals surface area contributed by atoms with Gasteiger partial charge in [-0.05, 0) is 37.6 Å². The highest BCUT2D eigenvalue weighted by Gasteiger charge is 2.22. The van der Waals surface area contributed by atoms with E-state index in [9.17, 15) is 0 Å². The van der Waals surface area contributed by atoms with Gasteiger partial charge in [-0.2, -0.15) is 0 Å². The third-order valence-electron chi connectivity index (χ3n) is 2.13. The Bertz CT molecular complexity index is 264. The number of benzene rings is 1. The van der Waals surface area contributed by atoms with Gasteiger partial charge in [0.1, 0.15) is 0 Å². The maximum absolute atomic E-state index is 3.15. The van der Waals surface area contributed by atoms with Crippen molar-refractivity contribution in [2.75, 3.05) is 7.05 Å². The molecular weight excluding hydrogens is 178 g/mol. The lowest BCUT2D eigenvalue weighted by molar-refractivity contribution is 0.817. The van der Waals surface area contributed by atoms with Gasteiger partial charge in [0.2, 0.25) is 0 Å². The Kier molecular flexibility index (Phi) is 2.91. The molecule has 0 unspecified atom stereocenters. The van der Waals surface area contributed by atoms with Crippen LogP contribution in [-0.4, -0.2) is 12.3 Å². The molecule has 13 heavy (non-hydrogen) atoms. The van der Waals surface area contributed by atoms with Gasteiger partial charge >= 0.3 is 0 Å². The lowest BCUT2D eigenvalue weighted by Crippen LogP contribution is -2.04. The van der Waals surface area contributed by atoms with E-state index in [0.29, 0.717) is 0 Å². The van der Waals surface area contributed by atoms with E-state index < -0.39 is 0 Å². The molecule has 0 saturated heterocycles. The molecule has 0 radical (unpaired) electrons. The van der Waals surface area contributed by atoms with Crippen molar-refractivity contribution >= 4 is 11.8 Å². The molecule has 0 aliphatic heterocycles. The minimum Gasteiger partial charge on any atom is -0.316 e. The standard InChI is InChI=1S/C11H15NS/c1-12-8-9-2-4-10(5-3-9)13-11-6-7-11/h2-5,11-12H,6-8H2,1H3. The summed E-state index contributed by atoms with van der Waals surface area (Å²) in [5, 5.41) is 4.06. The normalized spacial score (nSPS) is 16.1. The van der Waals surface area contributed by atoms with Gasteiger partial charge in [0.05, 0.1) is 0 Å². The Balaban J connectivity index is 1.95. The summed E-state index contributed by atoms with van der Waals surface area (Å²) in [5.41, 5.74) is 1.36. The second-order valence-corrected chi connectivity index (χ2v) is 4.87. The molecule has 1 aliphatic rings. The first-order valence-corrected chi connectivity index (χ1v) is 5.66. The monoisotopic (exact) mass is 193 g/mol. The maximum Gasteiger partial charge on any atom is 0.0202 e. The summed E-state index contributed by atoms with van der Waals surface area (Å²) in [6, 6.07) is 8.88. The highest BCUT2D eigenvalue weighted by Crippen LogP contribution is 2.38. The molecule has 1 fully saturated rings. The van der Waals surface area contributed by atoms with Crippen molar-refractivity contribution in [1.29, 1.82) is 0 Å². The second kappa shape index (κ2) is 4.16. The molecule has 2 heteroatoms. The number of hydrogen-bond donors (Lipinski definition) is 1. The van der Waals surface area contributed by atoms with Gasteiger partial charge in [-0.3, -0.25) is 0 Å². The topological polar surface area (TPSA) is 12.0 Å². The largest absolute Gasteiger partial charge is 0.316 e. The third-order valence-corrected chi connectivity index (χ3v) is 3.48. The molecule has 2 rings (SSSR count). The SMILES string of the molecule is CNCc1ccc(SC2CC2)cc1. The Morgan fingerprint density at radius 2 is 2.00 bits per heavy atom. The molecule has 1 N–H and O–H groups in total. The first-order chi connectivity index (χ1) is 6.38. The molecule has 1 aromatic rings. The summed E-state index contributed by atoms with van der Waals surface area (Å²) in [6.45, 7) is 0.967. The molecule has 1 saturated carbocycles. The van der Waals surface area contributed by atoms with E-state index in [4.69, 9.17) is 0 Å². The van der Waals surface area contributed by atoms with E-state index >= 15 is 0 Å². The fraction of sp³-hybridized carbons (Fsp3) is 0.455. The number of nitrogens with one attached hydrogen (secondary N) is 1. The van der Waals surface area contributed by atoms with E-state index in [0.717, 1.165) is 11.8 Å². The second-order valence-electron chi connectivity index (χ2n) is 3.49. The predicted molar refractivity (Wildman–Crippen MR) is 58.1 cm³/mol. The molecule has 0 bridgehead atoms. The first kappa shape index (κ1) is 9.10. The van der Waals surface area contributed by atoms with Crippen molar-refractivity contribution in [2.24, 2.45) is 0 Å². The highest BCUT2D eigenvalue weighted by molar-refractivity contribution is 8.00. The average molecular weight is 193 g/mol. The Hall–Kier alpha value is -0.470. The molecule has 0 aromatic heterocycles. The van der Waals surface area contributed by atoms with Gasteiger partial charge in [0, 0.05) is 16.7 Å². The minimum atomic E-state index is 0.912. The lowest BCUT2D eigenvalue weighted by atomic mass is 10.2. The fourth-order valence-corrected chi connectivity index (χ4v) is 2.32. The van der Waals surface area contributed by atoms with E-state index in [1.165, 1.54) is 23.3 Å². The van der Waals surface area contributed by atoms with E-state index in [2.05, 4.69) is 29.6 Å². The van der Waals surface area contributed by atoms with Gasteiger partial charge < -0.3 is 5.32 Å². The molecule has 1 nitrogen and oxygen atoms in total. The molecule has 70 valence electrons. The molecule has 0 amide bonds. The van der Waals surface area contributed by atoms with Gasteiger partial charge in [0.15, 0.2) is 0 Å². The molecule has 0 heterocycles. The zero-order valence-electron chi connectivity index (χ0n) is 7.92. The van der Waals surface area contributed by atoms with Crippen LogP contribution < -0.4 is 5.32 Å². The van der Waals surface area contributed by atoms with Gasteiger partial charge in [-0.1, -0.05) is 12.1 Å². The first-order valence-electron chi connectivity index (χ1n) is 4.78. The van der Waals surface area contributed by atoms with E-state index in [1.54, 1.807) is 0 Å². The van der Waals surface area contributed by atoms with Crippen molar-refractivity contribution in [3.8, 4) is 0 Å². The summed E-state index contributed by atoms with van der Waals surface area (Å²) in [6.07, 6.45) is 2.81. The van der Waals surface area contributed by atoms with Gasteiger partial charge in [-0.25, -0.2) is 0 Å². The summed E-state index contributed by atoms with van der Waals surface area (Å²) in [4.78, 5) is 1.42. The van der Waals surface area contributed by atoms with Crippen molar-refractivity contribution in [3.05, 3.63) is 29.8 Å². The maximum atomic E-state index is 3.15. The van der Waals surface area contributed by atoms with Crippen LogP contribution in [0, 0.1) is 0 Å². The smallest absolute Gasteiger partial charge is 0.0202 e. The lowest BCUT2D eigenvalue weighted by Gasteiger charge is -2.02. The van der Waals surface area contributed by atoms with Crippen LogP contribution in [0.1, 0.15) is 18.4 Å².